The number of carbonyl (C=O) groups is 2. The first kappa shape index (κ1) is 21.0. The van der Waals surface area contributed by atoms with E-state index in [0.29, 0.717) is 36.1 Å². The van der Waals surface area contributed by atoms with Gasteiger partial charge in [-0.25, -0.2) is 9.78 Å². The molecule has 0 spiro atoms. The standard InChI is InChI=1S/C19H25N3O4S/c1-4-26-18(25)15-7-5-14(6-8-15)9-10-20-11-16(24)17-12(2)21-19(27-17)22-13(3)23/h5-8,16,20,24H,4,9-11H2,1-3H3,(H,21,22,23). The molecule has 2 aromatic rings. The van der Waals surface area contributed by atoms with Crippen LogP contribution in [-0.4, -0.2) is 41.7 Å². The third-order valence-electron chi connectivity index (χ3n) is 3.81. The second-order valence-corrected chi connectivity index (χ2v) is 7.07. The lowest BCUT2D eigenvalue weighted by Gasteiger charge is -2.11. The van der Waals surface area contributed by atoms with Crippen molar-refractivity contribution in [2.75, 3.05) is 25.0 Å². The highest BCUT2D eigenvalue weighted by molar-refractivity contribution is 7.16. The number of aliphatic hydroxyl groups is 1. The number of nitrogens with one attached hydrogen (secondary N) is 2. The van der Waals surface area contributed by atoms with Gasteiger partial charge in [-0.15, -0.1) is 0 Å². The topological polar surface area (TPSA) is 101 Å². The van der Waals surface area contributed by atoms with Crippen LogP contribution in [-0.2, 0) is 16.0 Å². The van der Waals surface area contributed by atoms with Crippen molar-refractivity contribution in [3.05, 3.63) is 46.0 Å². The molecule has 1 amide bonds. The van der Waals surface area contributed by atoms with Crippen LogP contribution < -0.4 is 10.6 Å². The van der Waals surface area contributed by atoms with Gasteiger partial charge >= 0.3 is 5.97 Å². The van der Waals surface area contributed by atoms with Crippen molar-refractivity contribution in [3.63, 3.8) is 0 Å². The number of anilines is 1. The molecule has 2 rings (SSSR count). The van der Waals surface area contributed by atoms with Gasteiger partial charge in [0.1, 0.15) is 6.10 Å². The van der Waals surface area contributed by atoms with Gasteiger partial charge in [-0.1, -0.05) is 23.5 Å². The second-order valence-electron chi connectivity index (χ2n) is 6.04. The van der Waals surface area contributed by atoms with Crippen LogP contribution >= 0.6 is 11.3 Å². The van der Waals surface area contributed by atoms with E-state index in [-0.39, 0.29) is 11.9 Å². The first-order valence-corrected chi connectivity index (χ1v) is 9.62. The summed E-state index contributed by atoms with van der Waals surface area (Å²) in [5, 5.41) is 16.7. The molecule has 7 nitrogen and oxygen atoms in total. The van der Waals surface area contributed by atoms with E-state index in [1.54, 1.807) is 19.1 Å². The second kappa shape index (κ2) is 10.1. The van der Waals surface area contributed by atoms with Gasteiger partial charge in [0.25, 0.3) is 0 Å². The lowest BCUT2D eigenvalue weighted by atomic mass is 10.1. The van der Waals surface area contributed by atoms with Gasteiger partial charge in [-0.05, 0) is 44.5 Å². The third-order valence-corrected chi connectivity index (χ3v) is 4.99. The Morgan fingerprint density at radius 2 is 2.00 bits per heavy atom. The summed E-state index contributed by atoms with van der Waals surface area (Å²) < 4.78 is 4.96. The van der Waals surface area contributed by atoms with Crippen molar-refractivity contribution in [1.82, 2.24) is 10.3 Å². The highest BCUT2D eigenvalue weighted by atomic mass is 32.1. The average molecular weight is 391 g/mol. The van der Waals surface area contributed by atoms with Crippen LogP contribution in [0.25, 0.3) is 0 Å². The molecule has 0 saturated carbocycles. The van der Waals surface area contributed by atoms with E-state index in [1.165, 1.54) is 18.3 Å². The average Bonchev–Trinajstić information content (AvgIpc) is 2.98. The van der Waals surface area contributed by atoms with Crippen molar-refractivity contribution in [2.45, 2.75) is 33.3 Å². The SMILES string of the molecule is CCOC(=O)c1ccc(CCNCC(O)c2sc(NC(C)=O)nc2C)cc1. The Labute approximate surface area is 162 Å². The van der Waals surface area contributed by atoms with Crippen molar-refractivity contribution in [1.29, 1.82) is 0 Å². The molecule has 1 aromatic carbocycles. The van der Waals surface area contributed by atoms with E-state index in [0.717, 1.165) is 16.9 Å². The van der Waals surface area contributed by atoms with Crippen LogP contribution in [0.4, 0.5) is 5.13 Å². The zero-order chi connectivity index (χ0) is 19.8. The Kier molecular flexibility index (Phi) is 7.90. The molecule has 27 heavy (non-hydrogen) atoms. The Balaban J connectivity index is 1.78. The van der Waals surface area contributed by atoms with E-state index in [4.69, 9.17) is 4.74 Å². The molecule has 3 N–H and O–H groups in total. The van der Waals surface area contributed by atoms with Crippen LogP contribution in [0.2, 0.25) is 0 Å². The van der Waals surface area contributed by atoms with Gasteiger partial charge in [0, 0.05) is 13.5 Å². The normalized spacial score (nSPS) is 11.9. The Hall–Kier alpha value is -2.29. The number of esters is 1. The third kappa shape index (κ3) is 6.42. The van der Waals surface area contributed by atoms with E-state index < -0.39 is 6.10 Å². The Bertz CT molecular complexity index is 774. The molecule has 0 aliphatic heterocycles. The fourth-order valence-electron chi connectivity index (χ4n) is 2.51. The molecule has 0 bridgehead atoms. The molecule has 0 radical (unpaired) electrons. The van der Waals surface area contributed by atoms with Crippen LogP contribution in [0.1, 0.15) is 46.4 Å². The van der Waals surface area contributed by atoms with E-state index in [9.17, 15) is 14.7 Å². The van der Waals surface area contributed by atoms with E-state index in [2.05, 4.69) is 15.6 Å². The number of nitrogens with zero attached hydrogens (tertiary/aromatic N) is 1. The van der Waals surface area contributed by atoms with E-state index >= 15 is 0 Å². The fraction of sp³-hybridized carbons (Fsp3) is 0.421. The maximum absolute atomic E-state index is 11.6. The smallest absolute Gasteiger partial charge is 0.338 e. The van der Waals surface area contributed by atoms with Gasteiger partial charge in [-0.2, -0.15) is 0 Å². The summed E-state index contributed by atoms with van der Waals surface area (Å²) in [6.45, 7) is 6.45. The predicted molar refractivity (Wildman–Crippen MR) is 105 cm³/mol. The first-order chi connectivity index (χ1) is 12.9. The van der Waals surface area contributed by atoms with Gasteiger partial charge in [0.15, 0.2) is 5.13 Å². The Morgan fingerprint density at radius 1 is 1.30 bits per heavy atom. The molecule has 1 atom stereocenters. The lowest BCUT2D eigenvalue weighted by molar-refractivity contribution is -0.114. The number of amides is 1. The molecule has 0 saturated heterocycles. The predicted octanol–water partition coefficient (Wildman–Crippen LogP) is 2.45. The summed E-state index contributed by atoms with van der Waals surface area (Å²) in [6.07, 6.45) is 0.0884. The zero-order valence-corrected chi connectivity index (χ0v) is 16.6. The number of thiazole rings is 1. The molecule has 1 aromatic heterocycles. The highest BCUT2D eigenvalue weighted by Gasteiger charge is 2.16. The number of rotatable bonds is 9. The molecular weight excluding hydrogens is 366 g/mol. The number of aromatic nitrogens is 1. The largest absolute Gasteiger partial charge is 0.462 e. The quantitative estimate of drug-likeness (QED) is 0.448. The number of benzene rings is 1. The van der Waals surface area contributed by atoms with Crippen molar-refractivity contribution in [2.24, 2.45) is 0 Å². The zero-order valence-electron chi connectivity index (χ0n) is 15.7. The van der Waals surface area contributed by atoms with Gasteiger partial charge in [0.2, 0.25) is 5.91 Å². The number of carbonyl (C=O) groups excluding carboxylic acids is 2. The minimum absolute atomic E-state index is 0.183. The molecule has 0 aliphatic carbocycles. The maximum Gasteiger partial charge on any atom is 0.338 e. The van der Waals surface area contributed by atoms with Crippen LogP contribution in [0, 0.1) is 6.92 Å². The molecule has 1 heterocycles. The molecular formula is C19H25N3O4S. The van der Waals surface area contributed by atoms with Gasteiger partial charge in [-0.3, -0.25) is 4.79 Å². The highest BCUT2D eigenvalue weighted by Crippen LogP contribution is 2.28. The molecule has 146 valence electrons. The molecule has 0 aliphatic rings. The first-order valence-electron chi connectivity index (χ1n) is 8.80. The maximum atomic E-state index is 11.6. The van der Waals surface area contributed by atoms with Crippen molar-refractivity contribution < 1.29 is 19.4 Å². The lowest BCUT2D eigenvalue weighted by Crippen LogP contribution is -2.23. The molecule has 1 unspecified atom stereocenters. The fourth-order valence-corrected chi connectivity index (χ4v) is 3.51. The van der Waals surface area contributed by atoms with Crippen LogP contribution in [0.5, 0.6) is 0 Å². The number of aliphatic hydroxyl groups excluding tert-OH is 1. The van der Waals surface area contributed by atoms with Crippen molar-refractivity contribution in [3.8, 4) is 0 Å². The minimum atomic E-state index is -0.684. The number of hydrogen-bond donors (Lipinski definition) is 3. The van der Waals surface area contributed by atoms with Crippen LogP contribution in [0.3, 0.4) is 0 Å². The minimum Gasteiger partial charge on any atom is -0.462 e. The number of ether oxygens (including phenoxy) is 1. The monoisotopic (exact) mass is 391 g/mol. The summed E-state index contributed by atoms with van der Waals surface area (Å²) in [5.41, 5.74) is 2.35. The van der Waals surface area contributed by atoms with Crippen LogP contribution in [0.15, 0.2) is 24.3 Å². The molecule has 8 heteroatoms. The van der Waals surface area contributed by atoms with Crippen molar-refractivity contribution >= 4 is 28.3 Å². The number of aryl methyl sites for hydroxylation is 1. The van der Waals surface area contributed by atoms with E-state index in [1.807, 2.05) is 19.1 Å². The van der Waals surface area contributed by atoms with Gasteiger partial charge in [0.05, 0.1) is 22.7 Å². The summed E-state index contributed by atoms with van der Waals surface area (Å²) >= 11 is 1.28. The molecule has 0 fully saturated rings. The number of hydrogen-bond acceptors (Lipinski definition) is 7. The summed E-state index contributed by atoms with van der Waals surface area (Å²) in [7, 11) is 0. The van der Waals surface area contributed by atoms with Gasteiger partial charge < -0.3 is 20.5 Å². The summed E-state index contributed by atoms with van der Waals surface area (Å²) in [5.74, 6) is -0.499. The summed E-state index contributed by atoms with van der Waals surface area (Å²) in [4.78, 5) is 27.7. The Morgan fingerprint density at radius 3 is 2.63 bits per heavy atom. The summed E-state index contributed by atoms with van der Waals surface area (Å²) in [6, 6.07) is 7.31.